The summed E-state index contributed by atoms with van der Waals surface area (Å²) >= 11 is 0. The number of pyridine rings is 2. The van der Waals surface area contributed by atoms with E-state index in [1.165, 1.54) is 11.0 Å². The smallest absolute Gasteiger partial charge is 0.366 e. The molecule has 2 fully saturated rings. The van der Waals surface area contributed by atoms with E-state index >= 15 is 0 Å². The molecule has 1 aliphatic carbocycles. The van der Waals surface area contributed by atoms with Crippen LogP contribution in [-0.4, -0.2) is 53.3 Å². The highest BCUT2D eigenvalue weighted by Gasteiger charge is 2.50. The number of carbonyl (C=O) groups is 2. The maximum atomic E-state index is 13.3. The fourth-order valence-corrected chi connectivity index (χ4v) is 4.32. The van der Waals surface area contributed by atoms with Crippen LogP contribution < -0.4 is 20.4 Å². The molecule has 2 aromatic rings. The predicted molar refractivity (Wildman–Crippen MR) is 111 cm³/mol. The number of nitrogens with zero attached hydrogens (tertiary/aromatic N) is 4. The zero-order valence-corrected chi connectivity index (χ0v) is 17.0. The van der Waals surface area contributed by atoms with Crippen molar-refractivity contribution in [3.05, 3.63) is 42.2 Å². The first kappa shape index (κ1) is 20.5. The molecular formula is C21H21F3N6O2. The monoisotopic (exact) mass is 446 g/mol. The number of fused-ring (bicyclic) bond motifs is 4. The maximum absolute atomic E-state index is 13.3. The molecule has 3 aliphatic rings. The molecule has 0 spiro atoms. The number of aromatic nitrogens is 2. The lowest BCUT2D eigenvalue weighted by Gasteiger charge is -2.35. The van der Waals surface area contributed by atoms with Crippen molar-refractivity contribution in [2.24, 2.45) is 5.92 Å². The van der Waals surface area contributed by atoms with Crippen LogP contribution in [0.15, 0.2) is 36.5 Å². The molecule has 2 atom stereocenters. The molecule has 2 N–H and O–H groups in total. The Morgan fingerprint density at radius 3 is 2.62 bits per heavy atom. The molecule has 11 heteroatoms. The molecular weight excluding hydrogens is 425 g/mol. The van der Waals surface area contributed by atoms with E-state index in [9.17, 15) is 22.8 Å². The molecule has 2 aliphatic heterocycles. The largest absolute Gasteiger partial charge is 0.408 e. The van der Waals surface area contributed by atoms with Gasteiger partial charge in [-0.15, -0.1) is 0 Å². The summed E-state index contributed by atoms with van der Waals surface area (Å²) in [4.78, 5) is 37.7. The fourth-order valence-electron chi connectivity index (χ4n) is 4.32. The zero-order valence-electron chi connectivity index (χ0n) is 17.0. The summed E-state index contributed by atoms with van der Waals surface area (Å²) in [7, 11) is 0. The van der Waals surface area contributed by atoms with Crippen LogP contribution in [0, 0.1) is 5.92 Å². The summed E-state index contributed by atoms with van der Waals surface area (Å²) in [6.07, 6.45) is -1.40. The van der Waals surface area contributed by atoms with E-state index in [0.29, 0.717) is 37.3 Å². The van der Waals surface area contributed by atoms with Gasteiger partial charge in [-0.1, -0.05) is 6.07 Å². The van der Waals surface area contributed by atoms with Gasteiger partial charge < -0.3 is 10.2 Å². The van der Waals surface area contributed by atoms with Crippen molar-refractivity contribution < 1.29 is 22.8 Å². The summed E-state index contributed by atoms with van der Waals surface area (Å²) in [6, 6.07) is 5.65. The minimum absolute atomic E-state index is 0.156. The standard InChI is InChI=1S/C21H21F3N6O2/c22-21(23,24)17(12-4-5-12)28-19(31)14-6-7-15-18(26-14)30(13-8-10-29(15)11-13)20(32)27-16-3-1-2-9-25-16/h1-3,6-7,9,12-13,17H,4-5,8,10-11H2,(H,28,31)(H,25,27,32)/t13-,17?/m0/s1. The van der Waals surface area contributed by atoms with Crippen LogP contribution in [0.5, 0.6) is 0 Å². The molecule has 0 radical (unpaired) electrons. The number of urea groups is 1. The lowest BCUT2D eigenvalue weighted by Crippen LogP contribution is -2.49. The van der Waals surface area contributed by atoms with Crippen LogP contribution in [0.1, 0.15) is 29.8 Å². The Hall–Kier alpha value is -3.37. The summed E-state index contributed by atoms with van der Waals surface area (Å²) in [6.45, 7) is 1.34. The molecule has 1 saturated carbocycles. The van der Waals surface area contributed by atoms with E-state index in [2.05, 4.69) is 25.5 Å². The molecule has 168 valence electrons. The molecule has 4 heterocycles. The van der Waals surface area contributed by atoms with Crippen LogP contribution in [0.4, 0.5) is 35.3 Å². The highest BCUT2D eigenvalue weighted by atomic mass is 19.4. The Morgan fingerprint density at radius 1 is 1.12 bits per heavy atom. The van der Waals surface area contributed by atoms with Crippen LogP contribution in [0.2, 0.25) is 0 Å². The van der Waals surface area contributed by atoms with E-state index in [-0.39, 0.29) is 17.6 Å². The van der Waals surface area contributed by atoms with Gasteiger partial charge in [-0.25, -0.2) is 14.8 Å². The second kappa shape index (κ2) is 7.64. The number of anilines is 3. The molecule has 2 bridgehead atoms. The average Bonchev–Trinajstić information content (AvgIpc) is 3.52. The molecule has 1 unspecified atom stereocenters. The molecule has 3 amide bonds. The van der Waals surface area contributed by atoms with Crippen LogP contribution >= 0.6 is 0 Å². The van der Waals surface area contributed by atoms with E-state index < -0.39 is 30.1 Å². The summed E-state index contributed by atoms with van der Waals surface area (Å²) in [5.74, 6) is -0.875. The topological polar surface area (TPSA) is 90.5 Å². The number of hydrogen-bond acceptors (Lipinski definition) is 5. The number of rotatable bonds is 4. The van der Waals surface area contributed by atoms with Gasteiger partial charge in [-0.3, -0.25) is 15.0 Å². The third kappa shape index (κ3) is 3.82. The van der Waals surface area contributed by atoms with Crippen molar-refractivity contribution in [3.8, 4) is 0 Å². The number of halogens is 3. The highest BCUT2D eigenvalue weighted by molar-refractivity contribution is 6.05. The number of amides is 3. The van der Waals surface area contributed by atoms with Gasteiger partial charge in [0.05, 0.1) is 11.7 Å². The van der Waals surface area contributed by atoms with Crippen molar-refractivity contribution in [1.82, 2.24) is 15.3 Å². The minimum Gasteiger partial charge on any atom is -0.366 e. The summed E-state index contributed by atoms with van der Waals surface area (Å²) < 4.78 is 40.0. The van der Waals surface area contributed by atoms with Crippen molar-refractivity contribution in [3.63, 3.8) is 0 Å². The lowest BCUT2D eigenvalue weighted by molar-refractivity contribution is -0.158. The van der Waals surface area contributed by atoms with Gasteiger partial charge in [0.15, 0.2) is 5.82 Å². The van der Waals surface area contributed by atoms with E-state index in [1.807, 2.05) is 0 Å². The van der Waals surface area contributed by atoms with Gasteiger partial charge in [-0.05, 0) is 49.4 Å². The van der Waals surface area contributed by atoms with Gasteiger partial charge in [0.1, 0.15) is 17.6 Å². The minimum atomic E-state index is -4.52. The molecule has 0 aromatic carbocycles. The molecule has 8 nitrogen and oxygen atoms in total. The fraction of sp³-hybridized carbons (Fsp3) is 0.429. The number of nitrogens with one attached hydrogen (secondary N) is 2. The molecule has 1 saturated heterocycles. The first-order valence-electron chi connectivity index (χ1n) is 10.5. The van der Waals surface area contributed by atoms with Gasteiger partial charge in [0.2, 0.25) is 0 Å². The summed E-state index contributed by atoms with van der Waals surface area (Å²) in [5.41, 5.74) is 0.512. The quantitative estimate of drug-likeness (QED) is 0.753. The Labute approximate surface area is 181 Å². The van der Waals surface area contributed by atoms with E-state index in [1.54, 1.807) is 30.5 Å². The van der Waals surface area contributed by atoms with Crippen molar-refractivity contribution >= 4 is 29.3 Å². The maximum Gasteiger partial charge on any atom is 0.408 e. The molecule has 32 heavy (non-hydrogen) atoms. The Morgan fingerprint density at radius 2 is 1.94 bits per heavy atom. The average molecular weight is 446 g/mol. The highest BCUT2D eigenvalue weighted by Crippen LogP contribution is 2.41. The van der Waals surface area contributed by atoms with Gasteiger partial charge in [0, 0.05) is 19.3 Å². The summed E-state index contributed by atoms with van der Waals surface area (Å²) in [5, 5.41) is 4.82. The predicted octanol–water partition coefficient (Wildman–Crippen LogP) is 3.18. The van der Waals surface area contributed by atoms with Gasteiger partial charge >= 0.3 is 12.2 Å². The third-order valence-corrected chi connectivity index (χ3v) is 6.04. The Bertz CT molecular complexity index is 1040. The number of hydrogen-bond donors (Lipinski definition) is 2. The van der Waals surface area contributed by atoms with E-state index in [0.717, 1.165) is 6.54 Å². The Kier molecular flexibility index (Phi) is 4.90. The van der Waals surface area contributed by atoms with Crippen molar-refractivity contribution in [1.29, 1.82) is 0 Å². The zero-order chi connectivity index (χ0) is 22.5. The normalized spacial score (nSPS) is 20.5. The van der Waals surface area contributed by atoms with Crippen molar-refractivity contribution in [2.75, 3.05) is 28.2 Å². The van der Waals surface area contributed by atoms with Crippen LogP contribution in [0.3, 0.4) is 0 Å². The van der Waals surface area contributed by atoms with Crippen LogP contribution in [0.25, 0.3) is 0 Å². The second-order valence-electron chi connectivity index (χ2n) is 8.27. The first-order valence-corrected chi connectivity index (χ1v) is 10.5. The number of alkyl halides is 3. The second-order valence-corrected chi connectivity index (χ2v) is 8.27. The third-order valence-electron chi connectivity index (χ3n) is 6.04. The van der Waals surface area contributed by atoms with Gasteiger partial charge in [0.25, 0.3) is 5.91 Å². The number of carbonyl (C=O) groups excluding carboxylic acids is 2. The Balaban J connectivity index is 1.43. The molecule has 5 rings (SSSR count). The lowest BCUT2D eigenvalue weighted by atomic mass is 10.1. The van der Waals surface area contributed by atoms with Gasteiger partial charge in [-0.2, -0.15) is 13.2 Å². The SMILES string of the molecule is O=C(NC(C1CC1)C(F)(F)F)c1ccc2c(n1)N(C(=O)Nc1ccccn1)[C@H]1CCN2C1. The van der Waals surface area contributed by atoms with Crippen LogP contribution in [-0.2, 0) is 0 Å². The van der Waals surface area contributed by atoms with Crippen molar-refractivity contribution in [2.45, 2.75) is 37.5 Å². The van der Waals surface area contributed by atoms with E-state index in [4.69, 9.17) is 0 Å². The first-order chi connectivity index (χ1) is 15.3. The molecule has 2 aromatic heterocycles.